The number of nitrogens with zero attached hydrogens (tertiary/aromatic N) is 6. The average molecular weight is 531 g/mol. The van der Waals surface area contributed by atoms with E-state index in [4.69, 9.17) is 4.52 Å². The molecule has 0 aliphatic carbocycles. The zero-order valence-corrected chi connectivity index (χ0v) is 21.1. The number of halogens is 3. The second-order valence-corrected chi connectivity index (χ2v) is 9.87. The first-order chi connectivity index (χ1) is 17.8. The fourth-order valence-corrected chi connectivity index (χ4v) is 4.93. The maximum atomic E-state index is 12.4. The molecule has 0 amide bonds. The average Bonchev–Trinajstić information content (AvgIpc) is 3.51. The van der Waals surface area contributed by atoms with Crippen molar-refractivity contribution in [2.75, 3.05) is 24.2 Å². The van der Waals surface area contributed by atoms with E-state index in [1.165, 1.54) is 24.3 Å². The van der Waals surface area contributed by atoms with Crippen molar-refractivity contribution in [3.8, 4) is 28.6 Å². The van der Waals surface area contributed by atoms with Gasteiger partial charge in [-0.3, -0.25) is 0 Å². The van der Waals surface area contributed by atoms with E-state index in [0.717, 1.165) is 42.6 Å². The summed E-state index contributed by atoms with van der Waals surface area (Å²) in [4.78, 5) is 11.4. The quantitative estimate of drug-likeness (QED) is 0.306. The van der Waals surface area contributed by atoms with Crippen LogP contribution in [0.5, 0.6) is 5.75 Å². The molecular weight excluding hydrogens is 505 g/mol. The molecule has 1 aliphatic rings. The molecule has 0 radical (unpaired) electrons. The summed E-state index contributed by atoms with van der Waals surface area (Å²) in [6.45, 7) is 4.39. The first-order valence-corrected chi connectivity index (χ1v) is 13.0. The van der Waals surface area contributed by atoms with Crippen LogP contribution in [0.4, 0.5) is 19.0 Å². The monoisotopic (exact) mass is 530 g/mol. The van der Waals surface area contributed by atoms with Crippen LogP contribution >= 0.6 is 11.8 Å². The Kier molecular flexibility index (Phi) is 7.09. The largest absolute Gasteiger partial charge is 0.573 e. The molecule has 1 fully saturated rings. The van der Waals surface area contributed by atoms with E-state index in [2.05, 4.69) is 42.2 Å². The molecule has 0 saturated carbocycles. The lowest BCUT2D eigenvalue weighted by molar-refractivity contribution is -0.274. The van der Waals surface area contributed by atoms with Gasteiger partial charge in [-0.15, -0.1) is 18.3 Å². The molecular formula is C25H25F3N6O2S. The number of ether oxygens (including phenoxy) is 1. The maximum absolute atomic E-state index is 12.4. The third-order valence-electron chi connectivity index (χ3n) is 6.21. The van der Waals surface area contributed by atoms with Crippen molar-refractivity contribution >= 4 is 17.6 Å². The molecule has 37 heavy (non-hydrogen) atoms. The van der Waals surface area contributed by atoms with E-state index in [9.17, 15) is 13.2 Å². The van der Waals surface area contributed by atoms with E-state index in [1.54, 1.807) is 10.7 Å². The number of piperidine rings is 1. The number of hydrogen-bond acceptors (Lipinski definition) is 8. The smallest absolute Gasteiger partial charge is 0.406 e. The molecule has 12 heteroatoms. The van der Waals surface area contributed by atoms with E-state index in [0.29, 0.717) is 35.2 Å². The van der Waals surface area contributed by atoms with E-state index >= 15 is 0 Å². The van der Waals surface area contributed by atoms with Gasteiger partial charge in [-0.25, -0.2) is 14.6 Å². The number of rotatable bonds is 7. The Morgan fingerprint density at radius 2 is 1.86 bits per heavy atom. The number of aromatic nitrogens is 5. The zero-order chi connectivity index (χ0) is 26.0. The van der Waals surface area contributed by atoms with Crippen molar-refractivity contribution in [1.82, 2.24) is 24.9 Å². The molecule has 0 unspecified atom stereocenters. The number of alkyl halides is 3. The van der Waals surface area contributed by atoms with Crippen molar-refractivity contribution in [2.24, 2.45) is 0 Å². The summed E-state index contributed by atoms with van der Waals surface area (Å²) >= 11 is 1.93. The molecule has 0 N–H and O–H groups in total. The van der Waals surface area contributed by atoms with Crippen LogP contribution in [0, 0.1) is 6.92 Å². The van der Waals surface area contributed by atoms with Gasteiger partial charge in [0.15, 0.2) is 0 Å². The van der Waals surface area contributed by atoms with Crippen LogP contribution in [0.25, 0.3) is 22.8 Å². The Morgan fingerprint density at radius 1 is 1.11 bits per heavy atom. The lowest BCUT2D eigenvalue weighted by Crippen LogP contribution is -2.35. The van der Waals surface area contributed by atoms with Crippen LogP contribution in [0.3, 0.4) is 0 Å². The first-order valence-electron chi connectivity index (χ1n) is 11.7. The van der Waals surface area contributed by atoms with Crippen LogP contribution in [-0.2, 0) is 6.54 Å². The minimum Gasteiger partial charge on any atom is -0.406 e. The minimum absolute atomic E-state index is 0.306. The van der Waals surface area contributed by atoms with Crippen molar-refractivity contribution in [2.45, 2.75) is 37.9 Å². The van der Waals surface area contributed by atoms with Gasteiger partial charge in [0.2, 0.25) is 11.6 Å². The normalized spacial score (nSPS) is 14.8. The van der Waals surface area contributed by atoms with Crippen molar-refractivity contribution in [3.05, 3.63) is 60.0 Å². The van der Waals surface area contributed by atoms with E-state index in [-0.39, 0.29) is 5.75 Å². The molecule has 8 nitrogen and oxygen atoms in total. The predicted octanol–water partition coefficient (Wildman–Crippen LogP) is 5.58. The van der Waals surface area contributed by atoms with Crippen molar-refractivity contribution in [1.29, 1.82) is 0 Å². The number of pyridine rings is 1. The molecule has 3 aromatic heterocycles. The Balaban J connectivity index is 1.28. The Hall–Kier alpha value is -3.54. The molecule has 0 bridgehead atoms. The molecule has 194 valence electrons. The summed E-state index contributed by atoms with van der Waals surface area (Å²) in [6.07, 6.45) is 1.56. The number of anilines is 1. The summed E-state index contributed by atoms with van der Waals surface area (Å²) in [6, 6.07) is 11.1. The zero-order valence-electron chi connectivity index (χ0n) is 20.3. The highest BCUT2D eigenvalue weighted by atomic mass is 32.2. The van der Waals surface area contributed by atoms with Crippen LogP contribution in [-0.4, -0.2) is 55.9 Å². The highest BCUT2D eigenvalue weighted by Gasteiger charge is 2.31. The van der Waals surface area contributed by atoms with Gasteiger partial charge in [0.25, 0.3) is 0 Å². The SMILES string of the molecule is CSC1CCN(c2cc(Cn3nc(-c4cc(-c5ccc(OC(F)(F)F)cc5)no4)nc3C)ccn2)CC1. The van der Waals surface area contributed by atoms with Gasteiger partial charge in [-0.05, 0) is 68.0 Å². The minimum atomic E-state index is -4.74. The lowest BCUT2D eigenvalue weighted by atomic mass is 10.1. The third-order valence-corrected chi connectivity index (χ3v) is 7.35. The second-order valence-electron chi connectivity index (χ2n) is 8.73. The predicted molar refractivity (Wildman–Crippen MR) is 134 cm³/mol. The third kappa shape index (κ3) is 6.07. The number of hydrogen-bond donors (Lipinski definition) is 0. The van der Waals surface area contributed by atoms with E-state index in [1.807, 2.05) is 30.9 Å². The number of aryl methyl sites for hydroxylation is 1. The van der Waals surface area contributed by atoms with Gasteiger partial charge in [-0.2, -0.15) is 11.8 Å². The summed E-state index contributed by atoms with van der Waals surface area (Å²) in [5.74, 6) is 2.11. The summed E-state index contributed by atoms with van der Waals surface area (Å²) < 4.78 is 48.3. The summed E-state index contributed by atoms with van der Waals surface area (Å²) in [7, 11) is 0. The molecule has 0 atom stereocenters. The first kappa shape index (κ1) is 25.1. The van der Waals surface area contributed by atoms with Gasteiger partial charge in [0.05, 0.1) is 6.54 Å². The summed E-state index contributed by atoms with van der Waals surface area (Å²) in [5, 5.41) is 9.33. The second kappa shape index (κ2) is 10.4. The van der Waals surface area contributed by atoms with Crippen LogP contribution < -0.4 is 9.64 Å². The fraction of sp³-hybridized carbons (Fsp3) is 0.360. The molecule has 1 aromatic carbocycles. The van der Waals surface area contributed by atoms with E-state index < -0.39 is 6.36 Å². The molecule has 1 aliphatic heterocycles. The molecule has 5 rings (SSSR count). The van der Waals surface area contributed by atoms with Crippen molar-refractivity contribution in [3.63, 3.8) is 0 Å². The Labute approximate surface area is 215 Å². The topological polar surface area (TPSA) is 82.1 Å². The fourth-order valence-electron chi connectivity index (χ4n) is 4.24. The molecule has 1 saturated heterocycles. The molecule has 4 aromatic rings. The molecule has 0 spiro atoms. The van der Waals surface area contributed by atoms with Gasteiger partial charge >= 0.3 is 6.36 Å². The standard InChI is InChI=1S/C25H25F3N6O2S/c1-16-30-24(22-14-21(32-36-22)18-3-5-19(6-4-18)35-25(26,27)28)31-34(16)15-17-7-10-29-23(13-17)33-11-8-20(37-2)9-12-33/h3-7,10,13-14,20H,8-9,11-12,15H2,1-2H3. The van der Waals surface area contributed by atoms with Crippen LogP contribution in [0.1, 0.15) is 24.2 Å². The Bertz CT molecular complexity index is 1350. The molecule has 4 heterocycles. The number of thioether (sulfide) groups is 1. The van der Waals surface area contributed by atoms with Crippen molar-refractivity contribution < 1.29 is 22.4 Å². The van der Waals surface area contributed by atoms with Gasteiger partial charge < -0.3 is 14.2 Å². The highest BCUT2D eigenvalue weighted by Crippen LogP contribution is 2.29. The summed E-state index contributed by atoms with van der Waals surface area (Å²) in [5.41, 5.74) is 2.09. The van der Waals surface area contributed by atoms with Gasteiger partial charge in [0, 0.05) is 36.2 Å². The van der Waals surface area contributed by atoms with Crippen LogP contribution in [0.15, 0.2) is 53.2 Å². The lowest BCUT2D eigenvalue weighted by Gasteiger charge is -2.32. The highest BCUT2D eigenvalue weighted by molar-refractivity contribution is 7.99. The van der Waals surface area contributed by atoms with Crippen LogP contribution in [0.2, 0.25) is 0 Å². The Morgan fingerprint density at radius 3 is 2.57 bits per heavy atom. The van der Waals surface area contributed by atoms with Gasteiger partial charge in [-0.1, -0.05) is 5.16 Å². The maximum Gasteiger partial charge on any atom is 0.573 e. The van der Waals surface area contributed by atoms with Gasteiger partial charge in [0.1, 0.15) is 23.1 Å². The number of benzene rings is 1.